The van der Waals surface area contributed by atoms with Gasteiger partial charge in [-0.25, -0.2) is 4.79 Å². The SMILES string of the molecule is COc1ccc(C(=O)N(c2cc[nH]c(=O)n2)[C@@H]2O[C@H](COC(C)=O)C[C@H]2OC(C)=O)cc1. The highest BCUT2D eigenvalue weighted by molar-refractivity contribution is 6.06. The van der Waals surface area contributed by atoms with Crippen molar-refractivity contribution in [1.82, 2.24) is 9.97 Å². The summed E-state index contributed by atoms with van der Waals surface area (Å²) in [6.07, 6.45) is -1.11. The molecule has 1 amide bonds. The zero-order valence-corrected chi connectivity index (χ0v) is 17.8. The summed E-state index contributed by atoms with van der Waals surface area (Å²) in [5.74, 6) is -1.06. The number of amides is 1. The van der Waals surface area contributed by atoms with E-state index in [-0.39, 0.29) is 24.4 Å². The van der Waals surface area contributed by atoms with Gasteiger partial charge in [0.2, 0.25) is 0 Å². The molecule has 2 heterocycles. The van der Waals surface area contributed by atoms with E-state index in [1.165, 1.54) is 33.2 Å². The number of hydrogen-bond donors (Lipinski definition) is 1. The number of benzene rings is 1. The third-order valence-electron chi connectivity index (χ3n) is 4.65. The van der Waals surface area contributed by atoms with Crippen LogP contribution in [0.2, 0.25) is 0 Å². The number of H-pyrrole nitrogens is 1. The van der Waals surface area contributed by atoms with Gasteiger partial charge in [-0.1, -0.05) is 0 Å². The van der Waals surface area contributed by atoms with Crippen molar-refractivity contribution in [3.8, 4) is 5.75 Å². The summed E-state index contributed by atoms with van der Waals surface area (Å²) in [5, 5.41) is 0. The lowest BCUT2D eigenvalue weighted by Crippen LogP contribution is -2.48. The molecule has 170 valence electrons. The number of aromatic amines is 1. The molecule has 1 fully saturated rings. The molecule has 1 saturated heterocycles. The Morgan fingerprint density at radius 1 is 1.16 bits per heavy atom. The van der Waals surface area contributed by atoms with Gasteiger partial charge in [0.05, 0.1) is 13.2 Å². The molecule has 2 aromatic rings. The molecule has 3 atom stereocenters. The molecule has 1 N–H and O–H groups in total. The largest absolute Gasteiger partial charge is 0.497 e. The van der Waals surface area contributed by atoms with E-state index in [4.69, 9.17) is 18.9 Å². The second-order valence-electron chi connectivity index (χ2n) is 6.99. The van der Waals surface area contributed by atoms with Gasteiger partial charge < -0.3 is 23.9 Å². The van der Waals surface area contributed by atoms with Crippen LogP contribution in [0.15, 0.2) is 41.3 Å². The summed E-state index contributed by atoms with van der Waals surface area (Å²) in [5.41, 5.74) is -0.407. The van der Waals surface area contributed by atoms with Crippen LogP contribution in [0.1, 0.15) is 30.6 Å². The first-order chi connectivity index (χ1) is 15.3. The first-order valence-electron chi connectivity index (χ1n) is 9.78. The predicted molar refractivity (Wildman–Crippen MR) is 110 cm³/mol. The van der Waals surface area contributed by atoms with Gasteiger partial charge in [0.25, 0.3) is 5.91 Å². The maximum absolute atomic E-state index is 13.5. The molecule has 0 spiro atoms. The molecular weight excluding hydrogens is 422 g/mol. The standard InChI is InChI=1S/C21H23N3O8/c1-12(25)30-11-16-10-17(31-13(2)26)20(32-16)24(18-8-9-22-21(28)23-18)19(27)14-4-6-15(29-3)7-5-14/h4-9,16-17,20H,10-11H2,1-3H3,(H,22,23,28)/t16-,17+,20+/m0/s1. The van der Waals surface area contributed by atoms with Crippen LogP contribution in [-0.2, 0) is 23.8 Å². The van der Waals surface area contributed by atoms with Crippen molar-refractivity contribution in [1.29, 1.82) is 0 Å². The first-order valence-corrected chi connectivity index (χ1v) is 9.78. The maximum Gasteiger partial charge on any atom is 0.346 e. The van der Waals surface area contributed by atoms with Crippen LogP contribution in [0.5, 0.6) is 5.75 Å². The quantitative estimate of drug-likeness (QED) is 0.620. The lowest BCUT2D eigenvalue weighted by Gasteiger charge is -2.30. The van der Waals surface area contributed by atoms with E-state index < -0.39 is 42.0 Å². The number of ether oxygens (including phenoxy) is 4. The molecule has 3 rings (SSSR count). The predicted octanol–water partition coefficient (Wildman–Crippen LogP) is 1.04. The van der Waals surface area contributed by atoms with Gasteiger partial charge >= 0.3 is 17.6 Å². The Morgan fingerprint density at radius 2 is 1.88 bits per heavy atom. The van der Waals surface area contributed by atoms with Crippen LogP contribution in [0.3, 0.4) is 0 Å². The highest BCUT2D eigenvalue weighted by Crippen LogP contribution is 2.30. The molecule has 0 saturated carbocycles. The molecule has 1 aromatic heterocycles. The molecule has 0 unspecified atom stereocenters. The number of aromatic nitrogens is 2. The average molecular weight is 445 g/mol. The molecule has 11 nitrogen and oxygen atoms in total. The number of hydrogen-bond acceptors (Lipinski definition) is 9. The minimum Gasteiger partial charge on any atom is -0.497 e. The summed E-state index contributed by atoms with van der Waals surface area (Å²) in [7, 11) is 1.50. The van der Waals surface area contributed by atoms with Crippen molar-refractivity contribution in [2.75, 3.05) is 18.6 Å². The van der Waals surface area contributed by atoms with Crippen molar-refractivity contribution >= 4 is 23.7 Å². The van der Waals surface area contributed by atoms with E-state index in [1.54, 1.807) is 24.3 Å². The number of esters is 2. The Balaban J connectivity index is 1.99. The topological polar surface area (TPSA) is 137 Å². The summed E-state index contributed by atoms with van der Waals surface area (Å²) in [4.78, 5) is 55.6. The molecule has 0 aliphatic carbocycles. The zero-order chi connectivity index (χ0) is 23.3. The number of carbonyl (C=O) groups is 3. The van der Waals surface area contributed by atoms with Gasteiger partial charge in [-0.2, -0.15) is 4.98 Å². The van der Waals surface area contributed by atoms with Crippen LogP contribution >= 0.6 is 0 Å². The average Bonchev–Trinajstić information content (AvgIpc) is 3.14. The van der Waals surface area contributed by atoms with Crippen LogP contribution in [0.25, 0.3) is 0 Å². The van der Waals surface area contributed by atoms with Crippen molar-refractivity contribution in [3.05, 3.63) is 52.6 Å². The Labute approximate surface area is 183 Å². The zero-order valence-electron chi connectivity index (χ0n) is 17.8. The lowest BCUT2D eigenvalue weighted by atomic mass is 10.1. The first kappa shape index (κ1) is 22.9. The fourth-order valence-corrected chi connectivity index (χ4v) is 3.30. The Kier molecular flexibility index (Phi) is 7.21. The monoisotopic (exact) mass is 445 g/mol. The second kappa shape index (κ2) is 10.1. The highest BCUT2D eigenvalue weighted by Gasteiger charge is 2.44. The fourth-order valence-electron chi connectivity index (χ4n) is 3.30. The Morgan fingerprint density at radius 3 is 2.47 bits per heavy atom. The van der Waals surface area contributed by atoms with Gasteiger partial charge in [0.1, 0.15) is 24.3 Å². The minimum atomic E-state index is -1.11. The summed E-state index contributed by atoms with van der Waals surface area (Å²) in [6.45, 7) is 2.41. The van der Waals surface area contributed by atoms with Crippen molar-refractivity contribution in [2.24, 2.45) is 0 Å². The lowest BCUT2D eigenvalue weighted by molar-refractivity contribution is -0.149. The van der Waals surface area contributed by atoms with Crippen LogP contribution in [-0.4, -0.2) is 60.0 Å². The number of nitrogens with one attached hydrogen (secondary N) is 1. The van der Waals surface area contributed by atoms with Crippen LogP contribution < -0.4 is 15.3 Å². The van der Waals surface area contributed by atoms with Crippen LogP contribution in [0.4, 0.5) is 5.82 Å². The van der Waals surface area contributed by atoms with Gasteiger partial charge in [-0.3, -0.25) is 19.3 Å². The third kappa shape index (κ3) is 5.49. The number of carbonyl (C=O) groups excluding carboxylic acids is 3. The van der Waals surface area contributed by atoms with E-state index in [9.17, 15) is 19.2 Å². The van der Waals surface area contributed by atoms with E-state index in [2.05, 4.69) is 9.97 Å². The number of methoxy groups -OCH3 is 1. The summed E-state index contributed by atoms with van der Waals surface area (Å²) in [6, 6.07) is 7.75. The fraction of sp³-hybridized carbons (Fsp3) is 0.381. The van der Waals surface area contributed by atoms with Gasteiger partial charge in [0.15, 0.2) is 6.23 Å². The maximum atomic E-state index is 13.5. The summed E-state index contributed by atoms with van der Waals surface area (Å²) >= 11 is 0. The minimum absolute atomic E-state index is 0.00450. The molecule has 0 radical (unpaired) electrons. The normalized spacial score (nSPS) is 19.8. The third-order valence-corrected chi connectivity index (χ3v) is 4.65. The second-order valence-corrected chi connectivity index (χ2v) is 6.99. The summed E-state index contributed by atoms with van der Waals surface area (Å²) < 4.78 is 21.5. The van der Waals surface area contributed by atoms with E-state index >= 15 is 0 Å². The van der Waals surface area contributed by atoms with Crippen molar-refractivity contribution < 1.29 is 33.3 Å². The molecular formula is C21H23N3O8. The van der Waals surface area contributed by atoms with E-state index in [0.717, 1.165) is 4.90 Å². The number of rotatable bonds is 7. The highest BCUT2D eigenvalue weighted by atomic mass is 16.6. The van der Waals surface area contributed by atoms with E-state index in [0.29, 0.717) is 5.75 Å². The molecule has 32 heavy (non-hydrogen) atoms. The van der Waals surface area contributed by atoms with Crippen molar-refractivity contribution in [2.45, 2.75) is 38.7 Å². The van der Waals surface area contributed by atoms with Gasteiger partial charge in [0, 0.05) is 32.0 Å². The molecule has 1 aliphatic rings. The van der Waals surface area contributed by atoms with E-state index in [1.807, 2.05) is 0 Å². The molecule has 1 aromatic carbocycles. The molecule has 0 bridgehead atoms. The Hall–Kier alpha value is -3.73. The Bertz CT molecular complexity index is 1040. The smallest absolute Gasteiger partial charge is 0.346 e. The van der Waals surface area contributed by atoms with Crippen molar-refractivity contribution in [3.63, 3.8) is 0 Å². The van der Waals surface area contributed by atoms with Gasteiger partial charge in [-0.15, -0.1) is 0 Å². The molecule has 1 aliphatic heterocycles. The van der Waals surface area contributed by atoms with Crippen LogP contribution in [0, 0.1) is 0 Å². The number of nitrogens with zero attached hydrogens (tertiary/aromatic N) is 2. The molecule has 11 heteroatoms. The number of anilines is 1. The van der Waals surface area contributed by atoms with Gasteiger partial charge in [-0.05, 0) is 30.3 Å².